The molecular formula is C17H18F2N2O2S. The Hall–Kier alpha value is -1.86. The number of ether oxygens (including phenoxy) is 1. The van der Waals surface area contributed by atoms with E-state index >= 15 is 0 Å². The topological polar surface area (TPSA) is 51.2 Å². The summed E-state index contributed by atoms with van der Waals surface area (Å²) in [5, 5.41) is 3.30. The van der Waals surface area contributed by atoms with Crippen LogP contribution in [0.5, 0.6) is 0 Å². The Kier molecular flexibility index (Phi) is 4.91. The molecule has 2 aromatic rings. The number of aromatic nitrogens is 1. The van der Waals surface area contributed by atoms with Crippen molar-refractivity contribution in [2.24, 2.45) is 5.41 Å². The van der Waals surface area contributed by atoms with E-state index in [1.807, 2.05) is 6.92 Å². The van der Waals surface area contributed by atoms with Gasteiger partial charge >= 0.3 is 0 Å². The fourth-order valence-electron chi connectivity index (χ4n) is 2.62. The van der Waals surface area contributed by atoms with Crippen molar-refractivity contribution in [2.45, 2.75) is 26.2 Å². The molecule has 0 radical (unpaired) electrons. The molecule has 1 saturated heterocycles. The molecule has 1 fully saturated rings. The smallest absolute Gasteiger partial charge is 0.232 e. The lowest BCUT2D eigenvalue weighted by Gasteiger charge is -2.31. The van der Waals surface area contributed by atoms with E-state index in [4.69, 9.17) is 4.74 Å². The summed E-state index contributed by atoms with van der Waals surface area (Å²) in [5.74, 6) is -1.78. The predicted octanol–water partition coefficient (Wildman–Crippen LogP) is 3.77. The normalized spacial score (nSPS) is 16.8. The van der Waals surface area contributed by atoms with Crippen LogP contribution in [0.15, 0.2) is 24.4 Å². The maximum Gasteiger partial charge on any atom is 0.232 e. The Bertz CT molecular complexity index is 742. The summed E-state index contributed by atoms with van der Waals surface area (Å²) >= 11 is 1.27. The Morgan fingerprint density at radius 1 is 1.38 bits per heavy atom. The fraction of sp³-hybridized carbons (Fsp3) is 0.412. The van der Waals surface area contributed by atoms with Crippen molar-refractivity contribution in [3.05, 3.63) is 46.5 Å². The summed E-state index contributed by atoms with van der Waals surface area (Å²) in [6.07, 6.45) is 3.16. The number of carbonyl (C=O) groups is 1. The van der Waals surface area contributed by atoms with Crippen LogP contribution in [0.1, 0.15) is 30.2 Å². The van der Waals surface area contributed by atoms with Crippen molar-refractivity contribution in [3.63, 3.8) is 0 Å². The van der Waals surface area contributed by atoms with Gasteiger partial charge < -0.3 is 10.1 Å². The molecule has 24 heavy (non-hydrogen) atoms. The summed E-state index contributed by atoms with van der Waals surface area (Å²) in [6.45, 7) is 3.07. The zero-order chi connectivity index (χ0) is 17.2. The quantitative estimate of drug-likeness (QED) is 0.911. The van der Waals surface area contributed by atoms with Gasteiger partial charge in [0.15, 0.2) is 16.8 Å². The first kappa shape index (κ1) is 17.0. The molecule has 1 aromatic heterocycles. The van der Waals surface area contributed by atoms with Gasteiger partial charge in [-0.25, -0.2) is 13.8 Å². The van der Waals surface area contributed by atoms with E-state index in [1.54, 1.807) is 12.3 Å². The highest BCUT2D eigenvalue weighted by Gasteiger charge is 2.35. The molecule has 0 atom stereocenters. The maximum atomic E-state index is 13.7. The lowest BCUT2D eigenvalue weighted by Crippen LogP contribution is -2.38. The SMILES string of the molecule is CC1(C(=O)Nc2ncc(Cc3cccc(F)c3F)s2)CCOCC1. The summed E-state index contributed by atoms with van der Waals surface area (Å²) in [4.78, 5) is 17.4. The Morgan fingerprint density at radius 2 is 2.12 bits per heavy atom. The van der Waals surface area contributed by atoms with Crippen LogP contribution in [-0.2, 0) is 16.0 Å². The Labute approximate surface area is 142 Å². The maximum absolute atomic E-state index is 13.7. The van der Waals surface area contributed by atoms with Crippen LogP contribution in [0, 0.1) is 17.0 Å². The zero-order valence-electron chi connectivity index (χ0n) is 13.3. The standard InChI is InChI=1S/C17H18F2N2O2S/c1-17(5-7-23-8-6-17)15(22)21-16-20-10-12(24-16)9-11-3-2-4-13(18)14(11)19/h2-4,10H,5-9H2,1H3,(H,20,21,22). The number of thiazole rings is 1. The number of nitrogens with zero attached hydrogens (tertiary/aromatic N) is 1. The Morgan fingerprint density at radius 3 is 2.88 bits per heavy atom. The molecule has 1 amide bonds. The van der Waals surface area contributed by atoms with Gasteiger partial charge in [-0.3, -0.25) is 4.79 Å². The van der Waals surface area contributed by atoms with E-state index in [0.29, 0.717) is 31.2 Å². The second kappa shape index (κ2) is 6.94. The summed E-state index contributed by atoms with van der Waals surface area (Å²) < 4.78 is 32.3. The van der Waals surface area contributed by atoms with Crippen molar-refractivity contribution in [1.82, 2.24) is 4.98 Å². The second-order valence-corrected chi connectivity index (χ2v) is 7.26. The van der Waals surface area contributed by atoms with Gasteiger partial charge in [0.25, 0.3) is 0 Å². The molecule has 1 aliphatic rings. The number of rotatable bonds is 4. The van der Waals surface area contributed by atoms with Crippen molar-refractivity contribution >= 4 is 22.4 Å². The van der Waals surface area contributed by atoms with Gasteiger partial charge in [0, 0.05) is 30.7 Å². The molecule has 1 aromatic carbocycles. The minimum absolute atomic E-state index is 0.0800. The van der Waals surface area contributed by atoms with Crippen molar-refractivity contribution < 1.29 is 18.3 Å². The van der Waals surface area contributed by atoms with E-state index in [1.165, 1.54) is 17.4 Å². The van der Waals surface area contributed by atoms with Crippen LogP contribution in [0.3, 0.4) is 0 Å². The monoisotopic (exact) mass is 352 g/mol. The van der Waals surface area contributed by atoms with E-state index < -0.39 is 17.0 Å². The van der Waals surface area contributed by atoms with E-state index in [-0.39, 0.29) is 17.9 Å². The first-order valence-corrected chi connectivity index (χ1v) is 8.56. The molecule has 0 saturated carbocycles. The minimum atomic E-state index is -0.863. The second-order valence-electron chi connectivity index (χ2n) is 6.15. The number of benzene rings is 1. The third-order valence-electron chi connectivity index (χ3n) is 4.31. The number of halogens is 2. The molecule has 0 spiro atoms. The summed E-state index contributed by atoms with van der Waals surface area (Å²) in [5.41, 5.74) is -0.188. The highest BCUT2D eigenvalue weighted by molar-refractivity contribution is 7.15. The molecule has 4 nitrogen and oxygen atoms in total. The van der Waals surface area contributed by atoms with E-state index in [9.17, 15) is 13.6 Å². The highest BCUT2D eigenvalue weighted by Crippen LogP contribution is 2.32. The fourth-order valence-corrected chi connectivity index (χ4v) is 3.45. The molecule has 0 unspecified atom stereocenters. The van der Waals surface area contributed by atoms with Crippen molar-refractivity contribution in [1.29, 1.82) is 0 Å². The van der Waals surface area contributed by atoms with Crippen LogP contribution in [0.4, 0.5) is 13.9 Å². The van der Waals surface area contributed by atoms with Gasteiger partial charge in [-0.15, -0.1) is 11.3 Å². The third kappa shape index (κ3) is 3.62. The van der Waals surface area contributed by atoms with Gasteiger partial charge in [-0.05, 0) is 24.5 Å². The number of nitrogens with one attached hydrogen (secondary N) is 1. The Balaban J connectivity index is 1.67. The zero-order valence-corrected chi connectivity index (χ0v) is 14.1. The summed E-state index contributed by atoms with van der Waals surface area (Å²) in [7, 11) is 0. The van der Waals surface area contributed by atoms with Gasteiger partial charge in [0.05, 0.1) is 5.41 Å². The third-order valence-corrected chi connectivity index (χ3v) is 5.23. The number of anilines is 1. The van der Waals surface area contributed by atoms with Gasteiger partial charge in [-0.1, -0.05) is 19.1 Å². The molecule has 3 rings (SSSR count). The average Bonchev–Trinajstić information content (AvgIpc) is 2.99. The van der Waals surface area contributed by atoms with Gasteiger partial charge in [0.1, 0.15) is 0 Å². The predicted molar refractivity (Wildman–Crippen MR) is 88.1 cm³/mol. The van der Waals surface area contributed by atoms with Gasteiger partial charge in [-0.2, -0.15) is 0 Å². The lowest BCUT2D eigenvalue weighted by atomic mass is 9.81. The summed E-state index contributed by atoms with van der Waals surface area (Å²) in [6, 6.07) is 4.11. The van der Waals surface area contributed by atoms with Crippen LogP contribution in [0.25, 0.3) is 0 Å². The van der Waals surface area contributed by atoms with E-state index in [0.717, 1.165) is 10.9 Å². The number of hydrogen-bond donors (Lipinski definition) is 1. The minimum Gasteiger partial charge on any atom is -0.381 e. The lowest BCUT2D eigenvalue weighted by molar-refractivity contribution is -0.129. The van der Waals surface area contributed by atoms with Crippen LogP contribution in [-0.4, -0.2) is 24.1 Å². The first-order valence-electron chi connectivity index (χ1n) is 7.75. The highest BCUT2D eigenvalue weighted by atomic mass is 32.1. The molecular weight excluding hydrogens is 334 g/mol. The molecule has 7 heteroatoms. The largest absolute Gasteiger partial charge is 0.381 e. The molecule has 1 aliphatic heterocycles. The molecule has 0 aliphatic carbocycles. The number of hydrogen-bond acceptors (Lipinski definition) is 4. The molecule has 128 valence electrons. The van der Waals surface area contributed by atoms with Crippen LogP contribution < -0.4 is 5.32 Å². The number of amides is 1. The molecule has 2 heterocycles. The van der Waals surface area contributed by atoms with Crippen molar-refractivity contribution in [3.8, 4) is 0 Å². The van der Waals surface area contributed by atoms with Crippen molar-refractivity contribution in [2.75, 3.05) is 18.5 Å². The van der Waals surface area contributed by atoms with Crippen LogP contribution in [0.2, 0.25) is 0 Å². The number of carbonyl (C=O) groups excluding carboxylic acids is 1. The van der Waals surface area contributed by atoms with Gasteiger partial charge in [0.2, 0.25) is 5.91 Å². The first-order chi connectivity index (χ1) is 11.5. The van der Waals surface area contributed by atoms with Crippen LogP contribution >= 0.6 is 11.3 Å². The molecule has 0 bridgehead atoms. The average molecular weight is 352 g/mol. The van der Waals surface area contributed by atoms with E-state index in [2.05, 4.69) is 10.3 Å². The molecule has 1 N–H and O–H groups in total.